The Morgan fingerprint density at radius 3 is 2.61 bits per heavy atom. The van der Waals surface area contributed by atoms with E-state index >= 15 is 0 Å². The minimum atomic E-state index is 0.101. The Balaban J connectivity index is 2.62. The van der Waals surface area contributed by atoms with Crippen LogP contribution in [-0.2, 0) is 11.2 Å². The normalized spacial score (nSPS) is 14.1. The number of nitrogens with one attached hydrogen (secondary N) is 1. The quantitative estimate of drug-likeness (QED) is 0.830. The number of carbonyl (C=O) groups is 1. The van der Waals surface area contributed by atoms with Crippen LogP contribution in [0.3, 0.4) is 0 Å². The Morgan fingerprint density at radius 2 is 2.00 bits per heavy atom. The molecule has 1 rings (SSSR count). The lowest BCUT2D eigenvalue weighted by Crippen LogP contribution is -2.38. The highest BCUT2D eigenvalue weighted by Gasteiger charge is 2.14. The van der Waals surface area contributed by atoms with E-state index in [1.807, 2.05) is 13.8 Å². The monoisotopic (exact) mass is 311 g/mol. The molecule has 18 heavy (non-hydrogen) atoms. The molecule has 2 nitrogen and oxygen atoms in total. The lowest BCUT2D eigenvalue weighted by atomic mass is 10.0. The van der Waals surface area contributed by atoms with Crippen LogP contribution in [0.1, 0.15) is 30.5 Å². The van der Waals surface area contributed by atoms with E-state index < -0.39 is 0 Å². The minimum Gasteiger partial charge on any atom is -0.353 e. The van der Waals surface area contributed by atoms with Crippen LogP contribution in [-0.4, -0.2) is 17.3 Å². The average Bonchev–Trinajstić information content (AvgIpc) is 2.32. The zero-order chi connectivity index (χ0) is 13.7. The smallest absolute Gasteiger partial charge is 0.224 e. The van der Waals surface area contributed by atoms with Gasteiger partial charge in [0, 0.05) is 11.4 Å². The summed E-state index contributed by atoms with van der Waals surface area (Å²) in [7, 11) is 0. The van der Waals surface area contributed by atoms with Crippen LogP contribution in [0.4, 0.5) is 0 Å². The number of hydrogen-bond acceptors (Lipinski definition) is 1. The second kappa shape index (κ2) is 6.93. The number of aryl methyl sites for hydroxylation is 2. The number of hydrogen-bond donors (Lipinski definition) is 1. The predicted octanol–water partition coefficient (Wildman–Crippen LogP) is 3.38. The first-order chi connectivity index (χ1) is 8.43. The van der Waals surface area contributed by atoms with Crippen molar-refractivity contribution in [2.75, 3.05) is 5.33 Å². The van der Waals surface area contributed by atoms with Gasteiger partial charge in [0.15, 0.2) is 0 Å². The number of carbonyl (C=O) groups excluding carboxylic acids is 1. The van der Waals surface area contributed by atoms with Crippen molar-refractivity contribution >= 4 is 21.8 Å². The van der Waals surface area contributed by atoms with Crippen LogP contribution in [0.2, 0.25) is 0 Å². The molecule has 1 aromatic rings. The standard InChI is InChI=1S/C15H22BrNO/c1-10-5-6-11(2)14(7-10)8-15(18)17-13(4)12(3)9-16/h5-7,12-13H,8-9H2,1-4H3,(H,17,18). The highest BCUT2D eigenvalue weighted by molar-refractivity contribution is 9.09. The fourth-order valence-corrected chi connectivity index (χ4v) is 2.31. The molecule has 0 bridgehead atoms. The van der Waals surface area contributed by atoms with Crippen molar-refractivity contribution in [2.45, 2.75) is 40.2 Å². The molecule has 1 amide bonds. The van der Waals surface area contributed by atoms with Crippen LogP contribution in [0, 0.1) is 19.8 Å². The molecule has 1 N–H and O–H groups in total. The van der Waals surface area contributed by atoms with Crippen LogP contribution in [0.15, 0.2) is 18.2 Å². The van der Waals surface area contributed by atoms with E-state index in [1.54, 1.807) is 0 Å². The van der Waals surface area contributed by atoms with E-state index in [0.717, 1.165) is 10.9 Å². The van der Waals surface area contributed by atoms with Crippen LogP contribution >= 0.6 is 15.9 Å². The van der Waals surface area contributed by atoms with Gasteiger partial charge in [0.2, 0.25) is 5.91 Å². The van der Waals surface area contributed by atoms with Crippen molar-refractivity contribution in [1.82, 2.24) is 5.32 Å². The maximum absolute atomic E-state index is 12.0. The first-order valence-corrected chi connectivity index (χ1v) is 7.47. The third kappa shape index (κ3) is 4.45. The van der Waals surface area contributed by atoms with Gasteiger partial charge in [0.1, 0.15) is 0 Å². The number of amides is 1. The third-order valence-corrected chi connectivity index (χ3v) is 4.36. The molecule has 0 saturated heterocycles. The Labute approximate surface area is 118 Å². The van der Waals surface area contributed by atoms with E-state index in [1.165, 1.54) is 11.1 Å². The second-order valence-electron chi connectivity index (χ2n) is 5.09. The number of halogens is 1. The number of rotatable bonds is 5. The predicted molar refractivity (Wildman–Crippen MR) is 80.2 cm³/mol. The summed E-state index contributed by atoms with van der Waals surface area (Å²) in [6.45, 7) is 8.27. The van der Waals surface area contributed by atoms with Crippen molar-refractivity contribution in [1.29, 1.82) is 0 Å². The molecule has 0 fully saturated rings. The summed E-state index contributed by atoms with van der Waals surface area (Å²) in [4.78, 5) is 12.0. The zero-order valence-electron chi connectivity index (χ0n) is 11.6. The summed E-state index contributed by atoms with van der Waals surface area (Å²) in [5.41, 5.74) is 3.49. The summed E-state index contributed by atoms with van der Waals surface area (Å²) < 4.78 is 0. The third-order valence-electron chi connectivity index (χ3n) is 3.34. The molecule has 0 aliphatic carbocycles. The van der Waals surface area contributed by atoms with E-state index in [4.69, 9.17) is 0 Å². The van der Waals surface area contributed by atoms with E-state index in [0.29, 0.717) is 12.3 Å². The summed E-state index contributed by atoms with van der Waals surface area (Å²) in [5.74, 6) is 0.538. The van der Waals surface area contributed by atoms with Crippen molar-refractivity contribution in [2.24, 2.45) is 5.92 Å². The lowest BCUT2D eigenvalue weighted by Gasteiger charge is -2.19. The van der Waals surface area contributed by atoms with Gasteiger partial charge in [0.05, 0.1) is 6.42 Å². The molecule has 0 aliphatic rings. The van der Waals surface area contributed by atoms with Crippen LogP contribution in [0.5, 0.6) is 0 Å². The van der Waals surface area contributed by atoms with Crippen molar-refractivity contribution in [3.8, 4) is 0 Å². The molecule has 0 heterocycles. The summed E-state index contributed by atoms with van der Waals surface area (Å²) in [6.07, 6.45) is 0.465. The molecule has 1 aromatic carbocycles. The van der Waals surface area contributed by atoms with Gasteiger partial charge in [-0.1, -0.05) is 46.6 Å². The first-order valence-electron chi connectivity index (χ1n) is 6.35. The fourth-order valence-electron chi connectivity index (χ4n) is 1.74. The number of alkyl halides is 1. The van der Waals surface area contributed by atoms with Crippen LogP contribution in [0.25, 0.3) is 0 Å². The van der Waals surface area contributed by atoms with Crippen LogP contribution < -0.4 is 5.32 Å². The molecule has 0 aliphatic heterocycles. The average molecular weight is 312 g/mol. The van der Waals surface area contributed by atoms with Crippen molar-refractivity contribution in [3.05, 3.63) is 34.9 Å². The highest BCUT2D eigenvalue weighted by atomic mass is 79.9. The molecule has 0 aromatic heterocycles. The number of benzene rings is 1. The fraction of sp³-hybridized carbons (Fsp3) is 0.533. The van der Waals surface area contributed by atoms with E-state index in [2.05, 4.69) is 53.3 Å². The molecule has 100 valence electrons. The maximum Gasteiger partial charge on any atom is 0.224 e. The van der Waals surface area contributed by atoms with E-state index in [-0.39, 0.29) is 11.9 Å². The summed E-state index contributed by atoms with van der Waals surface area (Å²) in [6, 6.07) is 6.43. The Morgan fingerprint density at radius 1 is 1.33 bits per heavy atom. The Hall–Kier alpha value is -0.830. The van der Waals surface area contributed by atoms with Gasteiger partial charge in [-0.05, 0) is 37.8 Å². The molecule has 0 radical (unpaired) electrons. The van der Waals surface area contributed by atoms with Gasteiger partial charge in [-0.25, -0.2) is 0 Å². The molecule has 3 heteroatoms. The lowest BCUT2D eigenvalue weighted by molar-refractivity contribution is -0.121. The van der Waals surface area contributed by atoms with Crippen molar-refractivity contribution < 1.29 is 4.79 Å². The molecule has 0 spiro atoms. The Bertz CT molecular complexity index is 417. The topological polar surface area (TPSA) is 29.1 Å². The van der Waals surface area contributed by atoms with E-state index in [9.17, 15) is 4.79 Å². The van der Waals surface area contributed by atoms with Gasteiger partial charge >= 0.3 is 0 Å². The maximum atomic E-state index is 12.0. The summed E-state index contributed by atoms with van der Waals surface area (Å²) >= 11 is 3.44. The van der Waals surface area contributed by atoms with Gasteiger partial charge in [-0.15, -0.1) is 0 Å². The molecular weight excluding hydrogens is 290 g/mol. The molecule has 0 saturated carbocycles. The van der Waals surface area contributed by atoms with Gasteiger partial charge in [0.25, 0.3) is 0 Å². The molecular formula is C15H22BrNO. The SMILES string of the molecule is Cc1ccc(C)c(CC(=O)NC(C)C(C)CBr)c1. The van der Waals surface area contributed by atoms with Gasteiger partial charge in [-0.3, -0.25) is 4.79 Å². The zero-order valence-corrected chi connectivity index (χ0v) is 13.2. The van der Waals surface area contributed by atoms with Gasteiger partial charge < -0.3 is 5.32 Å². The molecule has 2 unspecified atom stereocenters. The first kappa shape index (κ1) is 15.2. The molecule has 2 atom stereocenters. The highest BCUT2D eigenvalue weighted by Crippen LogP contribution is 2.12. The Kier molecular flexibility index (Phi) is 5.86. The van der Waals surface area contributed by atoms with Gasteiger partial charge in [-0.2, -0.15) is 0 Å². The van der Waals surface area contributed by atoms with Crippen molar-refractivity contribution in [3.63, 3.8) is 0 Å². The summed E-state index contributed by atoms with van der Waals surface area (Å²) in [5, 5.41) is 3.96. The second-order valence-corrected chi connectivity index (χ2v) is 5.74. The minimum absolute atomic E-state index is 0.101. The largest absolute Gasteiger partial charge is 0.353 e.